The molecule has 0 unspecified atom stereocenters. The minimum Gasteiger partial charge on any atom is -0.495 e. The fourth-order valence-electron chi connectivity index (χ4n) is 3.20. The number of rotatable bonds is 6. The van der Waals surface area contributed by atoms with Gasteiger partial charge in [0.05, 0.1) is 25.3 Å². The molecule has 1 fully saturated rings. The average molecular weight is 441 g/mol. The molecule has 4 rings (SSSR count). The van der Waals surface area contributed by atoms with Gasteiger partial charge in [0.25, 0.3) is 0 Å². The molecule has 9 heteroatoms. The Labute approximate surface area is 186 Å². The zero-order chi connectivity index (χ0) is 21.8. The maximum Gasteiger partial charge on any atom is 0.233 e. The van der Waals surface area contributed by atoms with Gasteiger partial charge in [-0.3, -0.25) is 0 Å². The van der Waals surface area contributed by atoms with Crippen molar-refractivity contribution in [3.8, 4) is 5.75 Å². The molecule has 0 amide bonds. The second-order valence-corrected chi connectivity index (χ2v) is 7.69. The van der Waals surface area contributed by atoms with Gasteiger partial charge in [0.2, 0.25) is 17.8 Å². The van der Waals surface area contributed by atoms with Crippen molar-refractivity contribution in [2.24, 2.45) is 0 Å². The molecule has 1 aromatic heterocycles. The molecule has 0 aliphatic carbocycles. The zero-order valence-electron chi connectivity index (χ0n) is 17.8. The largest absolute Gasteiger partial charge is 0.495 e. The van der Waals surface area contributed by atoms with Crippen molar-refractivity contribution >= 4 is 40.8 Å². The van der Waals surface area contributed by atoms with Crippen LogP contribution in [0.15, 0.2) is 36.4 Å². The second-order valence-electron chi connectivity index (χ2n) is 7.28. The van der Waals surface area contributed by atoms with Gasteiger partial charge in [-0.1, -0.05) is 17.7 Å². The zero-order valence-corrected chi connectivity index (χ0v) is 18.5. The van der Waals surface area contributed by atoms with Crippen molar-refractivity contribution < 1.29 is 9.47 Å². The number of hydrogen-bond donors (Lipinski definition) is 2. The third kappa shape index (κ3) is 5.15. The Morgan fingerprint density at radius 1 is 0.903 bits per heavy atom. The van der Waals surface area contributed by atoms with Crippen LogP contribution in [-0.4, -0.2) is 48.4 Å². The highest BCUT2D eigenvalue weighted by Gasteiger charge is 2.17. The predicted molar refractivity (Wildman–Crippen MR) is 123 cm³/mol. The fourth-order valence-corrected chi connectivity index (χ4v) is 3.46. The van der Waals surface area contributed by atoms with Crippen molar-refractivity contribution in [1.82, 2.24) is 15.0 Å². The third-order valence-corrected chi connectivity index (χ3v) is 5.38. The highest BCUT2D eigenvalue weighted by Crippen LogP contribution is 2.29. The van der Waals surface area contributed by atoms with Crippen LogP contribution in [0.5, 0.6) is 5.75 Å². The van der Waals surface area contributed by atoms with E-state index in [0.717, 1.165) is 24.5 Å². The van der Waals surface area contributed by atoms with Crippen molar-refractivity contribution in [3.63, 3.8) is 0 Å². The molecule has 1 aliphatic heterocycles. The molecular formula is C22H25ClN6O2. The molecule has 1 saturated heterocycles. The number of hydrogen-bond acceptors (Lipinski definition) is 8. The number of benzene rings is 2. The first-order valence-electron chi connectivity index (χ1n) is 10.1. The molecule has 2 N–H and O–H groups in total. The first kappa shape index (κ1) is 21.1. The van der Waals surface area contributed by atoms with Crippen molar-refractivity contribution in [2.45, 2.75) is 13.8 Å². The number of methoxy groups -OCH3 is 1. The van der Waals surface area contributed by atoms with Crippen LogP contribution >= 0.6 is 11.6 Å². The minimum absolute atomic E-state index is 0.420. The van der Waals surface area contributed by atoms with Gasteiger partial charge in [-0.15, -0.1) is 0 Å². The molecular weight excluding hydrogens is 416 g/mol. The molecule has 0 bridgehead atoms. The van der Waals surface area contributed by atoms with Gasteiger partial charge in [0.15, 0.2) is 0 Å². The Morgan fingerprint density at radius 3 is 2.16 bits per heavy atom. The van der Waals surface area contributed by atoms with E-state index in [-0.39, 0.29) is 0 Å². The van der Waals surface area contributed by atoms with Crippen LogP contribution in [0.4, 0.5) is 29.2 Å². The van der Waals surface area contributed by atoms with E-state index in [1.165, 1.54) is 11.1 Å². The predicted octanol–water partition coefficient (Wildman–Crippen LogP) is 4.47. The number of ether oxygens (including phenoxy) is 2. The molecule has 3 aromatic rings. The van der Waals surface area contributed by atoms with Gasteiger partial charge < -0.3 is 25.0 Å². The number of nitrogens with one attached hydrogen (secondary N) is 2. The van der Waals surface area contributed by atoms with Gasteiger partial charge in [0, 0.05) is 24.5 Å². The second kappa shape index (κ2) is 9.36. The maximum absolute atomic E-state index is 6.26. The lowest BCUT2D eigenvalue weighted by Crippen LogP contribution is -2.37. The average Bonchev–Trinajstić information content (AvgIpc) is 2.77. The molecule has 0 saturated carbocycles. The van der Waals surface area contributed by atoms with E-state index in [1.54, 1.807) is 19.2 Å². The van der Waals surface area contributed by atoms with E-state index in [9.17, 15) is 0 Å². The Hall–Kier alpha value is -3.10. The maximum atomic E-state index is 6.26. The lowest BCUT2D eigenvalue weighted by Gasteiger charge is -2.27. The first-order valence-corrected chi connectivity index (χ1v) is 10.4. The molecule has 0 spiro atoms. The summed E-state index contributed by atoms with van der Waals surface area (Å²) in [5, 5.41) is 7.03. The van der Waals surface area contributed by atoms with Crippen LogP contribution < -0.4 is 20.3 Å². The van der Waals surface area contributed by atoms with Crippen LogP contribution in [0, 0.1) is 13.8 Å². The van der Waals surface area contributed by atoms with E-state index in [2.05, 4.69) is 56.5 Å². The molecule has 162 valence electrons. The van der Waals surface area contributed by atoms with Crippen molar-refractivity contribution in [3.05, 3.63) is 52.5 Å². The Kier molecular flexibility index (Phi) is 6.39. The van der Waals surface area contributed by atoms with Crippen LogP contribution in [0.1, 0.15) is 11.1 Å². The summed E-state index contributed by atoms with van der Waals surface area (Å²) in [5.41, 5.74) is 4.09. The molecule has 31 heavy (non-hydrogen) atoms. The summed E-state index contributed by atoms with van der Waals surface area (Å²) in [6, 6.07) is 11.6. The molecule has 2 heterocycles. The van der Waals surface area contributed by atoms with Crippen LogP contribution in [-0.2, 0) is 4.74 Å². The topological polar surface area (TPSA) is 84.4 Å². The molecule has 0 radical (unpaired) electrons. The summed E-state index contributed by atoms with van der Waals surface area (Å²) in [5.74, 6) is 2.08. The third-order valence-electron chi connectivity index (χ3n) is 5.09. The highest BCUT2D eigenvalue weighted by atomic mass is 35.5. The van der Waals surface area contributed by atoms with E-state index in [4.69, 9.17) is 21.1 Å². The van der Waals surface area contributed by atoms with Crippen molar-refractivity contribution in [2.75, 3.05) is 48.9 Å². The van der Waals surface area contributed by atoms with E-state index in [1.807, 2.05) is 12.1 Å². The van der Waals surface area contributed by atoms with Crippen LogP contribution in [0.25, 0.3) is 0 Å². The quantitative estimate of drug-likeness (QED) is 0.580. The summed E-state index contributed by atoms with van der Waals surface area (Å²) < 4.78 is 10.7. The van der Waals surface area contributed by atoms with Gasteiger partial charge >= 0.3 is 0 Å². The Bertz CT molecular complexity index is 1070. The van der Waals surface area contributed by atoms with Gasteiger partial charge in [-0.05, 0) is 55.3 Å². The number of aromatic nitrogens is 3. The van der Waals surface area contributed by atoms with Gasteiger partial charge in [-0.2, -0.15) is 15.0 Å². The number of nitrogens with zero attached hydrogens (tertiary/aromatic N) is 4. The number of halogens is 1. The highest BCUT2D eigenvalue weighted by molar-refractivity contribution is 6.32. The lowest BCUT2D eigenvalue weighted by atomic mass is 10.1. The number of morpholine rings is 1. The molecule has 8 nitrogen and oxygen atoms in total. The van der Waals surface area contributed by atoms with Crippen molar-refractivity contribution in [1.29, 1.82) is 0 Å². The molecule has 2 aromatic carbocycles. The van der Waals surface area contributed by atoms with Gasteiger partial charge in [-0.25, -0.2) is 0 Å². The fraction of sp³-hybridized carbons (Fsp3) is 0.318. The first-order chi connectivity index (χ1) is 15.0. The summed E-state index contributed by atoms with van der Waals surface area (Å²) in [7, 11) is 1.58. The normalized spacial score (nSPS) is 13.7. The minimum atomic E-state index is 0.420. The summed E-state index contributed by atoms with van der Waals surface area (Å²) in [6.07, 6.45) is 0. The van der Waals surface area contributed by atoms with Gasteiger partial charge in [0.1, 0.15) is 5.75 Å². The number of anilines is 5. The Morgan fingerprint density at radius 2 is 1.55 bits per heavy atom. The lowest BCUT2D eigenvalue weighted by molar-refractivity contribution is 0.122. The van der Waals surface area contributed by atoms with E-state index >= 15 is 0 Å². The monoisotopic (exact) mass is 440 g/mol. The van der Waals surface area contributed by atoms with Crippen LogP contribution in [0.3, 0.4) is 0 Å². The smallest absolute Gasteiger partial charge is 0.233 e. The Balaban J connectivity index is 1.65. The summed E-state index contributed by atoms with van der Waals surface area (Å²) >= 11 is 6.26. The summed E-state index contributed by atoms with van der Waals surface area (Å²) in [4.78, 5) is 15.9. The van der Waals surface area contributed by atoms with Crippen LogP contribution in [0.2, 0.25) is 5.02 Å². The molecule has 0 atom stereocenters. The number of aryl methyl sites for hydroxylation is 2. The SMILES string of the molecule is COc1ccc(Nc2nc(Nc3ccc(C)c(C)c3)nc(N3CCOCC3)n2)cc1Cl. The molecule has 1 aliphatic rings. The standard InChI is InChI=1S/C22H25ClN6O2/c1-14-4-5-16(12-15(14)2)24-20-26-21(25-17-6-7-19(30-3)18(23)13-17)28-22(27-20)29-8-10-31-11-9-29/h4-7,12-13H,8-11H2,1-3H3,(H2,24,25,26,27,28). The summed E-state index contributed by atoms with van der Waals surface area (Å²) in [6.45, 7) is 6.89. The van der Waals surface area contributed by atoms with E-state index < -0.39 is 0 Å². The van der Waals surface area contributed by atoms with E-state index in [0.29, 0.717) is 41.8 Å².